The van der Waals surface area contributed by atoms with Crippen LogP contribution in [0.4, 0.5) is 29.0 Å². The molecule has 190 valence electrons. The van der Waals surface area contributed by atoms with Gasteiger partial charge in [-0.15, -0.1) is 0 Å². The minimum Gasteiger partial charge on any atom is -0.497 e. The molecule has 0 spiro atoms. The zero-order valence-electron chi connectivity index (χ0n) is 21.0. The van der Waals surface area contributed by atoms with Crippen LogP contribution in [0.5, 0.6) is 11.5 Å². The van der Waals surface area contributed by atoms with Crippen molar-refractivity contribution in [3.63, 3.8) is 0 Å². The number of nitrogens with zero attached hydrogens (tertiary/aromatic N) is 3. The van der Waals surface area contributed by atoms with E-state index in [4.69, 9.17) is 9.47 Å². The second-order valence-electron chi connectivity index (χ2n) is 8.15. The van der Waals surface area contributed by atoms with Crippen molar-refractivity contribution in [2.45, 2.75) is 19.0 Å². The van der Waals surface area contributed by atoms with Crippen LogP contribution in [-0.4, -0.2) is 40.8 Å². The van der Waals surface area contributed by atoms with E-state index >= 15 is 0 Å². The number of amides is 1. The van der Waals surface area contributed by atoms with E-state index in [9.17, 15) is 4.79 Å². The number of ether oxygens (including phenoxy) is 2. The molecular weight excluding hydrogens is 488 g/mol. The molecule has 0 saturated heterocycles. The fourth-order valence-corrected chi connectivity index (χ4v) is 3.93. The molecule has 4 aromatic rings. The minimum atomic E-state index is -0.238. The average Bonchev–Trinajstić information content (AvgIpc) is 2.90. The molecule has 0 atom stereocenters. The van der Waals surface area contributed by atoms with Gasteiger partial charge in [-0.25, -0.2) is 0 Å². The quantitative estimate of drug-likeness (QED) is 0.228. The van der Waals surface area contributed by atoms with Crippen molar-refractivity contribution in [2.24, 2.45) is 0 Å². The molecule has 0 fully saturated rings. The Kier molecular flexibility index (Phi) is 8.42. The third-order valence-electron chi connectivity index (χ3n) is 5.24. The summed E-state index contributed by atoms with van der Waals surface area (Å²) in [7, 11) is 3.11. The monoisotopic (exact) mass is 516 g/mol. The van der Waals surface area contributed by atoms with Crippen molar-refractivity contribution in [3.8, 4) is 11.5 Å². The van der Waals surface area contributed by atoms with E-state index in [0.717, 1.165) is 22.5 Å². The van der Waals surface area contributed by atoms with Gasteiger partial charge in [0.2, 0.25) is 17.8 Å². The fraction of sp³-hybridized carbons (Fsp3) is 0.185. The third kappa shape index (κ3) is 7.34. The standard InChI is InChI=1S/C27H28N6O3S/c1-17-5-9-19(10-6-17)28-25-31-26(29-20-11-7-18(2)8-12-20)33-27(32-25)37-16-24(34)30-22-15-21(35-3)13-14-23(22)36-4/h5-15H,16H2,1-4H3,(H,30,34)(H2,28,29,31,32,33). The second-order valence-corrected chi connectivity index (χ2v) is 9.09. The van der Waals surface area contributed by atoms with Gasteiger partial charge in [-0.05, 0) is 50.2 Å². The van der Waals surface area contributed by atoms with Gasteiger partial charge in [0.25, 0.3) is 0 Å². The summed E-state index contributed by atoms with van der Waals surface area (Å²) in [4.78, 5) is 26.3. The highest BCUT2D eigenvalue weighted by atomic mass is 32.2. The molecule has 3 aromatic carbocycles. The Bertz CT molecular complexity index is 1300. The number of anilines is 5. The molecule has 0 unspecified atom stereocenters. The van der Waals surface area contributed by atoms with Crippen LogP contribution in [0.1, 0.15) is 11.1 Å². The second kappa shape index (κ2) is 12.1. The van der Waals surface area contributed by atoms with Crippen LogP contribution in [0, 0.1) is 13.8 Å². The molecule has 37 heavy (non-hydrogen) atoms. The maximum atomic E-state index is 12.7. The third-order valence-corrected chi connectivity index (χ3v) is 6.09. The van der Waals surface area contributed by atoms with Gasteiger partial charge in [0.15, 0.2) is 5.16 Å². The molecule has 1 heterocycles. The minimum absolute atomic E-state index is 0.0817. The highest BCUT2D eigenvalue weighted by molar-refractivity contribution is 7.99. The van der Waals surface area contributed by atoms with Crippen LogP contribution in [0.15, 0.2) is 71.9 Å². The summed E-state index contributed by atoms with van der Waals surface area (Å²) in [6.45, 7) is 4.05. The van der Waals surface area contributed by atoms with Crippen molar-refractivity contribution < 1.29 is 14.3 Å². The van der Waals surface area contributed by atoms with Crippen molar-refractivity contribution >= 4 is 46.6 Å². The number of nitrogens with one attached hydrogen (secondary N) is 3. The topological polar surface area (TPSA) is 110 Å². The van der Waals surface area contributed by atoms with E-state index in [2.05, 4.69) is 30.9 Å². The molecule has 1 aromatic heterocycles. The van der Waals surface area contributed by atoms with Gasteiger partial charge in [0, 0.05) is 17.4 Å². The van der Waals surface area contributed by atoms with Crippen LogP contribution in [-0.2, 0) is 4.79 Å². The average molecular weight is 517 g/mol. The van der Waals surface area contributed by atoms with Crippen LogP contribution < -0.4 is 25.4 Å². The van der Waals surface area contributed by atoms with E-state index < -0.39 is 0 Å². The summed E-state index contributed by atoms with van der Waals surface area (Å²) in [5.74, 6) is 1.72. The van der Waals surface area contributed by atoms with Gasteiger partial charge in [-0.3, -0.25) is 4.79 Å². The molecule has 0 aliphatic rings. The van der Waals surface area contributed by atoms with Crippen LogP contribution in [0.2, 0.25) is 0 Å². The molecule has 3 N–H and O–H groups in total. The number of aromatic nitrogens is 3. The molecule has 1 amide bonds. The summed E-state index contributed by atoms with van der Waals surface area (Å²) in [6.07, 6.45) is 0. The zero-order valence-corrected chi connectivity index (χ0v) is 21.8. The molecule has 0 aliphatic heterocycles. The molecule has 9 nitrogen and oxygen atoms in total. The number of benzene rings is 3. The predicted octanol–water partition coefficient (Wildman–Crippen LogP) is 5.72. The number of methoxy groups -OCH3 is 2. The largest absolute Gasteiger partial charge is 0.497 e. The number of hydrogen-bond acceptors (Lipinski definition) is 9. The van der Waals surface area contributed by atoms with Gasteiger partial charge < -0.3 is 25.4 Å². The zero-order chi connectivity index (χ0) is 26.2. The lowest BCUT2D eigenvalue weighted by molar-refractivity contribution is -0.113. The molecule has 0 aliphatic carbocycles. The number of carbonyl (C=O) groups is 1. The first-order valence-corrected chi connectivity index (χ1v) is 12.5. The SMILES string of the molecule is COc1ccc(OC)c(NC(=O)CSc2nc(Nc3ccc(C)cc3)nc(Nc3ccc(C)cc3)n2)c1. The van der Waals surface area contributed by atoms with E-state index in [1.165, 1.54) is 11.8 Å². The highest BCUT2D eigenvalue weighted by Gasteiger charge is 2.13. The maximum Gasteiger partial charge on any atom is 0.234 e. The Balaban J connectivity index is 1.51. The van der Waals surface area contributed by atoms with Crippen molar-refractivity contribution in [2.75, 3.05) is 35.9 Å². The Hall–Kier alpha value is -4.31. The van der Waals surface area contributed by atoms with E-state index in [0.29, 0.717) is 34.2 Å². The van der Waals surface area contributed by atoms with Gasteiger partial charge in [-0.2, -0.15) is 15.0 Å². The summed E-state index contributed by atoms with van der Waals surface area (Å²) >= 11 is 1.20. The maximum absolute atomic E-state index is 12.7. The molecule has 10 heteroatoms. The lowest BCUT2D eigenvalue weighted by Gasteiger charge is -2.12. The predicted molar refractivity (Wildman–Crippen MR) is 148 cm³/mol. The number of aryl methyl sites for hydroxylation is 2. The first-order chi connectivity index (χ1) is 17.9. The van der Waals surface area contributed by atoms with E-state index in [1.807, 2.05) is 62.4 Å². The Morgan fingerprint density at radius 1 is 0.784 bits per heavy atom. The van der Waals surface area contributed by atoms with Gasteiger partial charge in [-0.1, -0.05) is 47.2 Å². The van der Waals surface area contributed by atoms with E-state index in [-0.39, 0.29) is 11.7 Å². The lowest BCUT2D eigenvalue weighted by atomic mass is 10.2. The van der Waals surface area contributed by atoms with Crippen LogP contribution >= 0.6 is 11.8 Å². The van der Waals surface area contributed by atoms with Crippen molar-refractivity contribution in [3.05, 3.63) is 77.9 Å². The van der Waals surface area contributed by atoms with Crippen molar-refractivity contribution in [1.29, 1.82) is 0 Å². The Morgan fingerprint density at radius 3 is 1.86 bits per heavy atom. The van der Waals surface area contributed by atoms with Crippen LogP contribution in [0.3, 0.4) is 0 Å². The molecular formula is C27H28N6O3S. The highest BCUT2D eigenvalue weighted by Crippen LogP contribution is 2.29. The summed E-state index contributed by atoms with van der Waals surface area (Å²) in [5.41, 5.74) is 4.51. The van der Waals surface area contributed by atoms with Crippen molar-refractivity contribution in [1.82, 2.24) is 15.0 Å². The number of thioether (sulfide) groups is 1. The first kappa shape index (κ1) is 25.8. The number of carbonyl (C=O) groups excluding carboxylic acids is 1. The molecule has 0 saturated carbocycles. The van der Waals surface area contributed by atoms with Crippen LogP contribution in [0.25, 0.3) is 0 Å². The summed E-state index contributed by atoms with van der Waals surface area (Å²) < 4.78 is 10.6. The number of hydrogen-bond donors (Lipinski definition) is 3. The molecule has 0 bridgehead atoms. The normalized spacial score (nSPS) is 10.5. The van der Waals surface area contributed by atoms with Gasteiger partial charge in [0.1, 0.15) is 11.5 Å². The molecule has 4 rings (SSSR count). The Labute approximate surface area is 220 Å². The smallest absolute Gasteiger partial charge is 0.234 e. The van der Waals surface area contributed by atoms with Gasteiger partial charge >= 0.3 is 0 Å². The summed E-state index contributed by atoms with van der Waals surface area (Å²) in [6, 6.07) is 21.0. The van der Waals surface area contributed by atoms with E-state index in [1.54, 1.807) is 32.4 Å². The molecule has 0 radical (unpaired) electrons. The van der Waals surface area contributed by atoms with Gasteiger partial charge in [0.05, 0.1) is 25.7 Å². The summed E-state index contributed by atoms with van der Waals surface area (Å²) in [5, 5.41) is 9.69. The first-order valence-electron chi connectivity index (χ1n) is 11.5. The Morgan fingerprint density at radius 2 is 1.35 bits per heavy atom. The number of rotatable bonds is 10. The fourth-order valence-electron chi connectivity index (χ4n) is 3.29. The lowest BCUT2D eigenvalue weighted by Crippen LogP contribution is -2.15.